The smallest absolute Gasteiger partial charge is 0.260 e. The van der Waals surface area contributed by atoms with Gasteiger partial charge in [0, 0.05) is 12.7 Å². The van der Waals surface area contributed by atoms with Crippen LogP contribution in [0.4, 0.5) is 8.78 Å². The van der Waals surface area contributed by atoms with Crippen molar-refractivity contribution in [2.24, 2.45) is 0 Å². The number of aromatic nitrogens is 3. The summed E-state index contributed by atoms with van der Waals surface area (Å²) in [5.74, 6) is -1.35. The first-order chi connectivity index (χ1) is 13.5. The number of hydrogen-bond acceptors (Lipinski definition) is 5. The van der Waals surface area contributed by atoms with E-state index in [0.717, 1.165) is 18.6 Å². The third kappa shape index (κ3) is 3.04. The maximum Gasteiger partial charge on any atom is 0.260 e. The van der Waals surface area contributed by atoms with E-state index in [4.69, 9.17) is 4.52 Å². The molecule has 0 spiro atoms. The number of amides is 1. The Labute approximate surface area is 160 Å². The minimum atomic E-state index is -0.866. The Balaban J connectivity index is 1.70. The quantitative estimate of drug-likeness (QED) is 0.682. The van der Waals surface area contributed by atoms with E-state index in [9.17, 15) is 13.6 Å². The van der Waals surface area contributed by atoms with Crippen molar-refractivity contribution in [3.63, 3.8) is 0 Å². The Bertz CT molecular complexity index is 1010. The molecule has 2 aromatic heterocycles. The van der Waals surface area contributed by atoms with E-state index in [0.29, 0.717) is 41.5 Å². The maximum atomic E-state index is 14.1. The Morgan fingerprint density at radius 3 is 2.64 bits per heavy atom. The molecule has 3 aromatic rings. The molecule has 1 atom stereocenters. The first-order valence-electron chi connectivity index (χ1n) is 8.98. The van der Waals surface area contributed by atoms with Crippen LogP contribution in [0.2, 0.25) is 0 Å². The lowest BCUT2D eigenvalue weighted by Crippen LogP contribution is -2.32. The van der Waals surface area contributed by atoms with E-state index < -0.39 is 23.1 Å². The SMILES string of the molecule is Cc1noc(C)c1-c1nccc([C@@H]2CCCN2C(=O)c2c(F)cccc2F)n1. The molecule has 0 aliphatic carbocycles. The van der Waals surface area contributed by atoms with Gasteiger partial charge >= 0.3 is 0 Å². The van der Waals surface area contributed by atoms with E-state index >= 15 is 0 Å². The molecule has 3 heterocycles. The summed E-state index contributed by atoms with van der Waals surface area (Å²) in [5, 5.41) is 3.92. The van der Waals surface area contributed by atoms with Gasteiger partial charge in [-0.1, -0.05) is 11.2 Å². The van der Waals surface area contributed by atoms with Crippen LogP contribution in [0.25, 0.3) is 11.4 Å². The molecule has 6 nitrogen and oxygen atoms in total. The van der Waals surface area contributed by atoms with Gasteiger partial charge in [-0.05, 0) is 44.9 Å². The first kappa shape index (κ1) is 18.2. The van der Waals surface area contributed by atoms with E-state index in [2.05, 4.69) is 15.1 Å². The van der Waals surface area contributed by atoms with Gasteiger partial charge in [-0.2, -0.15) is 0 Å². The number of hydrogen-bond donors (Lipinski definition) is 0. The summed E-state index contributed by atoms with van der Waals surface area (Å²) in [5.41, 5.74) is 1.46. The third-order valence-corrected chi connectivity index (χ3v) is 4.97. The number of aryl methyl sites for hydroxylation is 2. The number of likely N-dealkylation sites (tertiary alicyclic amines) is 1. The fourth-order valence-corrected chi connectivity index (χ4v) is 3.64. The number of rotatable bonds is 3. The molecule has 1 fully saturated rings. The van der Waals surface area contributed by atoms with Crippen molar-refractivity contribution in [2.75, 3.05) is 6.54 Å². The van der Waals surface area contributed by atoms with E-state index in [1.165, 1.54) is 11.0 Å². The van der Waals surface area contributed by atoms with Crippen LogP contribution in [0.3, 0.4) is 0 Å². The minimum absolute atomic E-state index is 0.381. The van der Waals surface area contributed by atoms with E-state index in [-0.39, 0.29) is 6.04 Å². The Morgan fingerprint density at radius 2 is 1.96 bits per heavy atom. The lowest BCUT2D eigenvalue weighted by molar-refractivity contribution is 0.0723. The predicted molar refractivity (Wildman–Crippen MR) is 96.4 cm³/mol. The van der Waals surface area contributed by atoms with E-state index in [1.54, 1.807) is 26.1 Å². The fourth-order valence-electron chi connectivity index (χ4n) is 3.64. The highest BCUT2D eigenvalue weighted by atomic mass is 19.1. The van der Waals surface area contributed by atoms with Gasteiger partial charge in [-0.25, -0.2) is 18.7 Å². The average Bonchev–Trinajstić information content (AvgIpc) is 3.28. The molecular weight excluding hydrogens is 366 g/mol. The normalized spacial score (nSPS) is 16.6. The molecule has 0 saturated carbocycles. The zero-order valence-electron chi connectivity index (χ0n) is 15.4. The molecule has 28 heavy (non-hydrogen) atoms. The molecule has 0 N–H and O–H groups in total. The van der Waals surface area contributed by atoms with Crippen molar-refractivity contribution in [3.05, 3.63) is 64.8 Å². The molecule has 4 rings (SSSR count). The second kappa shape index (κ2) is 7.10. The van der Waals surface area contributed by atoms with Crippen molar-refractivity contribution >= 4 is 5.91 Å². The van der Waals surface area contributed by atoms with E-state index in [1.807, 2.05) is 0 Å². The highest BCUT2D eigenvalue weighted by Gasteiger charge is 2.34. The molecule has 0 radical (unpaired) electrons. The van der Waals surface area contributed by atoms with Gasteiger partial charge in [0.05, 0.1) is 23.0 Å². The lowest BCUT2D eigenvalue weighted by Gasteiger charge is -2.25. The summed E-state index contributed by atoms with van der Waals surface area (Å²) in [6.07, 6.45) is 2.98. The molecule has 0 bridgehead atoms. The molecular formula is C20H18F2N4O2. The van der Waals surface area contributed by atoms with Gasteiger partial charge in [0.2, 0.25) is 0 Å². The van der Waals surface area contributed by atoms with Crippen LogP contribution in [0, 0.1) is 25.5 Å². The Hall–Kier alpha value is -3.16. The highest BCUT2D eigenvalue weighted by molar-refractivity contribution is 5.95. The maximum absolute atomic E-state index is 14.1. The molecule has 1 saturated heterocycles. The molecule has 1 amide bonds. The Kier molecular flexibility index (Phi) is 4.62. The third-order valence-electron chi connectivity index (χ3n) is 4.97. The summed E-state index contributed by atoms with van der Waals surface area (Å²) < 4.78 is 33.4. The summed E-state index contributed by atoms with van der Waals surface area (Å²) in [7, 11) is 0. The van der Waals surface area contributed by atoms with Gasteiger partial charge in [0.25, 0.3) is 5.91 Å². The first-order valence-corrected chi connectivity index (χ1v) is 8.98. The molecule has 8 heteroatoms. The summed E-state index contributed by atoms with van der Waals surface area (Å²) in [6.45, 7) is 3.98. The monoisotopic (exact) mass is 384 g/mol. The Morgan fingerprint density at radius 1 is 1.21 bits per heavy atom. The van der Waals surface area contributed by atoms with Crippen molar-refractivity contribution < 1.29 is 18.1 Å². The van der Waals surface area contributed by atoms with Crippen LogP contribution in [-0.4, -0.2) is 32.5 Å². The average molecular weight is 384 g/mol. The largest absolute Gasteiger partial charge is 0.361 e. The van der Waals surface area contributed by atoms with Gasteiger partial charge in [-0.15, -0.1) is 0 Å². The zero-order chi connectivity index (χ0) is 19.8. The molecule has 1 aromatic carbocycles. The molecule has 144 valence electrons. The summed E-state index contributed by atoms with van der Waals surface area (Å²) >= 11 is 0. The van der Waals surface area contributed by atoms with Crippen LogP contribution in [0.5, 0.6) is 0 Å². The van der Waals surface area contributed by atoms with Gasteiger partial charge in [0.1, 0.15) is 23.0 Å². The molecule has 1 aliphatic rings. The molecule has 0 unspecified atom stereocenters. The zero-order valence-corrected chi connectivity index (χ0v) is 15.4. The number of benzene rings is 1. The van der Waals surface area contributed by atoms with Crippen molar-refractivity contribution in [1.29, 1.82) is 0 Å². The van der Waals surface area contributed by atoms with Crippen molar-refractivity contribution in [2.45, 2.75) is 32.7 Å². The summed E-state index contributed by atoms with van der Waals surface area (Å²) in [4.78, 5) is 23.2. The molecule has 1 aliphatic heterocycles. The second-order valence-corrected chi connectivity index (χ2v) is 6.76. The fraction of sp³-hybridized carbons (Fsp3) is 0.300. The number of carbonyl (C=O) groups excluding carboxylic acids is 1. The van der Waals surface area contributed by atoms with Crippen LogP contribution < -0.4 is 0 Å². The van der Waals surface area contributed by atoms with Gasteiger partial charge < -0.3 is 9.42 Å². The number of carbonyl (C=O) groups is 1. The number of nitrogens with zero attached hydrogens (tertiary/aromatic N) is 4. The van der Waals surface area contributed by atoms with Crippen molar-refractivity contribution in [1.82, 2.24) is 20.0 Å². The summed E-state index contributed by atoms with van der Waals surface area (Å²) in [6, 6.07) is 4.75. The topological polar surface area (TPSA) is 72.1 Å². The minimum Gasteiger partial charge on any atom is -0.361 e. The van der Waals surface area contributed by atoms with Crippen molar-refractivity contribution in [3.8, 4) is 11.4 Å². The van der Waals surface area contributed by atoms with Crippen LogP contribution in [0.15, 0.2) is 35.0 Å². The van der Waals surface area contributed by atoms with Gasteiger partial charge in [-0.3, -0.25) is 4.79 Å². The van der Waals surface area contributed by atoms with Crippen LogP contribution >= 0.6 is 0 Å². The lowest BCUT2D eigenvalue weighted by atomic mass is 10.1. The van der Waals surface area contributed by atoms with Crippen LogP contribution in [-0.2, 0) is 0 Å². The second-order valence-electron chi connectivity index (χ2n) is 6.76. The number of halogens is 2. The predicted octanol–water partition coefficient (Wildman–Crippen LogP) is 4.00. The highest BCUT2D eigenvalue weighted by Crippen LogP contribution is 2.34. The standard InChI is InChI=1S/C20H18F2N4O2/c1-11-17(12(2)28-25-11)19-23-9-8-15(24-19)16-7-4-10-26(16)20(27)18-13(21)5-3-6-14(18)22/h3,5-6,8-9,16H,4,7,10H2,1-2H3/t16-/m0/s1. The van der Waals surface area contributed by atoms with Gasteiger partial charge in [0.15, 0.2) is 5.82 Å². The van der Waals surface area contributed by atoms with Crippen LogP contribution in [0.1, 0.15) is 46.4 Å².